The summed E-state index contributed by atoms with van der Waals surface area (Å²) >= 11 is 0. The van der Waals surface area contributed by atoms with E-state index in [0.29, 0.717) is 23.5 Å². The molecule has 0 atom stereocenters. The first kappa shape index (κ1) is 15.6. The summed E-state index contributed by atoms with van der Waals surface area (Å²) in [6.07, 6.45) is 4.32. The van der Waals surface area contributed by atoms with E-state index in [1.54, 1.807) is 7.11 Å². The molecule has 0 saturated heterocycles. The molecule has 0 unspecified atom stereocenters. The van der Waals surface area contributed by atoms with Crippen molar-refractivity contribution in [3.8, 4) is 5.75 Å². The van der Waals surface area contributed by atoms with Crippen LogP contribution in [0.5, 0.6) is 5.75 Å². The minimum absolute atomic E-state index is 0.0765. The Morgan fingerprint density at radius 2 is 1.90 bits per heavy atom. The third-order valence-electron chi connectivity index (χ3n) is 4.32. The van der Waals surface area contributed by atoms with E-state index in [2.05, 4.69) is 10.6 Å². The topological polar surface area (TPSA) is 53.6 Å². The lowest BCUT2D eigenvalue weighted by Gasteiger charge is -2.34. The van der Waals surface area contributed by atoms with E-state index in [1.165, 1.54) is 0 Å². The SMILES string of the molecule is CNC1CCC(N(C)C(=O)Nc2ccccc2OC)CC1. The molecule has 5 nitrogen and oxygen atoms in total. The molecule has 1 aliphatic rings. The second-order valence-electron chi connectivity index (χ2n) is 5.54. The van der Waals surface area contributed by atoms with Crippen LogP contribution in [-0.2, 0) is 0 Å². The molecule has 0 heterocycles. The first-order valence-corrected chi connectivity index (χ1v) is 7.49. The van der Waals surface area contributed by atoms with Gasteiger partial charge >= 0.3 is 6.03 Å². The number of urea groups is 1. The van der Waals surface area contributed by atoms with E-state index in [9.17, 15) is 4.79 Å². The summed E-state index contributed by atoms with van der Waals surface area (Å²) in [5.41, 5.74) is 0.709. The normalized spacial score (nSPS) is 21.7. The van der Waals surface area contributed by atoms with E-state index in [-0.39, 0.29) is 6.03 Å². The van der Waals surface area contributed by atoms with Crippen molar-refractivity contribution in [3.05, 3.63) is 24.3 Å². The standard InChI is InChI=1S/C16H25N3O2/c1-17-12-8-10-13(11-9-12)19(2)16(20)18-14-6-4-5-7-15(14)21-3/h4-7,12-13,17H,8-11H2,1-3H3,(H,18,20). The molecule has 2 N–H and O–H groups in total. The average Bonchev–Trinajstić information content (AvgIpc) is 2.54. The number of anilines is 1. The molecule has 0 radical (unpaired) electrons. The quantitative estimate of drug-likeness (QED) is 0.897. The Morgan fingerprint density at radius 3 is 2.52 bits per heavy atom. The zero-order chi connectivity index (χ0) is 15.2. The van der Waals surface area contributed by atoms with Gasteiger partial charge in [-0.05, 0) is 44.9 Å². The number of rotatable bonds is 4. The minimum Gasteiger partial charge on any atom is -0.495 e. The zero-order valence-electron chi connectivity index (χ0n) is 13.1. The van der Waals surface area contributed by atoms with E-state index in [0.717, 1.165) is 25.7 Å². The number of carbonyl (C=O) groups is 1. The first-order valence-electron chi connectivity index (χ1n) is 7.49. The summed E-state index contributed by atoms with van der Waals surface area (Å²) < 4.78 is 5.26. The molecule has 1 fully saturated rings. The molecular formula is C16H25N3O2. The van der Waals surface area contributed by atoms with Gasteiger partial charge in [-0.25, -0.2) is 4.79 Å². The highest BCUT2D eigenvalue weighted by atomic mass is 16.5. The number of hydrogen-bond acceptors (Lipinski definition) is 3. The number of ether oxygens (including phenoxy) is 1. The molecule has 2 rings (SSSR count). The highest BCUT2D eigenvalue weighted by Gasteiger charge is 2.26. The van der Waals surface area contributed by atoms with Gasteiger partial charge < -0.3 is 20.3 Å². The van der Waals surface area contributed by atoms with Crippen molar-refractivity contribution >= 4 is 11.7 Å². The van der Waals surface area contributed by atoms with E-state index in [4.69, 9.17) is 4.74 Å². The number of hydrogen-bond donors (Lipinski definition) is 2. The lowest BCUT2D eigenvalue weighted by atomic mass is 9.90. The van der Waals surface area contributed by atoms with Crippen LogP contribution in [0.3, 0.4) is 0 Å². The van der Waals surface area contributed by atoms with Crippen molar-refractivity contribution in [1.82, 2.24) is 10.2 Å². The molecule has 0 bridgehead atoms. The van der Waals surface area contributed by atoms with Crippen molar-refractivity contribution in [2.75, 3.05) is 26.5 Å². The average molecular weight is 291 g/mol. The number of nitrogens with one attached hydrogen (secondary N) is 2. The Kier molecular flexibility index (Phi) is 5.44. The molecule has 116 valence electrons. The summed E-state index contributed by atoms with van der Waals surface area (Å²) in [5.74, 6) is 0.679. The van der Waals surface area contributed by atoms with Gasteiger partial charge in [-0.3, -0.25) is 0 Å². The molecule has 1 aromatic carbocycles. The molecule has 0 aromatic heterocycles. The number of nitrogens with zero attached hydrogens (tertiary/aromatic N) is 1. The Hall–Kier alpha value is -1.75. The molecule has 1 saturated carbocycles. The zero-order valence-corrected chi connectivity index (χ0v) is 13.1. The number of amides is 2. The van der Waals surface area contributed by atoms with Gasteiger partial charge in [-0.2, -0.15) is 0 Å². The van der Waals surface area contributed by atoms with E-state index in [1.807, 2.05) is 43.3 Å². The van der Waals surface area contributed by atoms with Crippen LogP contribution in [0.1, 0.15) is 25.7 Å². The molecule has 2 amide bonds. The first-order chi connectivity index (χ1) is 10.2. The molecule has 1 aliphatic carbocycles. The van der Waals surface area contributed by atoms with Crippen LogP contribution in [0.15, 0.2) is 24.3 Å². The van der Waals surface area contributed by atoms with Gasteiger partial charge in [0, 0.05) is 19.1 Å². The maximum Gasteiger partial charge on any atom is 0.321 e. The van der Waals surface area contributed by atoms with Crippen LogP contribution in [0, 0.1) is 0 Å². The lowest BCUT2D eigenvalue weighted by molar-refractivity contribution is 0.178. The number of benzene rings is 1. The second-order valence-corrected chi connectivity index (χ2v) is 5.54. The maximum absolute atomic E-state index is 12.4. The highest BCUT2D eigenvalue weighted by molar-refractivity contribution is 5.91. The Labute approximate surface area is 126 Å². The van der Waals surface area contributed by atoms with Crippen molar-refractivity contribution in [3.63, 3.8) is 0 Å². The predicted octanol–water partition coefficient (Wildman–Crippen LogP) is 2.69. The maximum atomic E-state index is 12.4. The molecule has 1 aromatic rings. The fourth-order valence-electron chi connectivity index (χ4n) is 2.87. The number of methoxy groups -OCH3 is 1. The monoisotopic (exact) mass is 291 g/mol. The van der Waals surface area contributed by atoms with Crippen LogP contribution in [0.4, 0.5) is 10.5 Å². The number of carbonyl (C=O) groups excluding carboxylic acids is 1. The minimum atomic E-state index is -0.0765. The summed E-state index contributed by atoms with van der Waals surface area (Å²) in [6, 6.07) is 8.28. The van der Waals surface area contributed by atoms with Gasteiger partial charge in [0.2, 0.25) is 0 Å². The van der Waals surface area contributed by atoms with Crippen LogP contribution in [0.2, 0.25) is 0 Å². The van der Waals surface area contributed by atoms with E-state index < -0.39 is 0 Å². The molecule has 0 aliphatic heterocycles. The fourth-order valence-corrected chi connectivity index (χ4v) is 2.87. The summed E-state index contributed by atoms with van der Waals surface area (Å²) in [5, 5.41) is 6.24. The largest absolute Gasteiger partial charge is 0.495 e. The second kappa shape index (κ2) is 7.31. The lowest BCUT2D eigenvalue weighted by Crippen LogP contribution is -2.44. The van der Waals surface area contributed by atoms with Crippen molar-refractivity contribution in [1.29, 1.82) is 0 Å². The third kappa shape index (κ3) is 3.88. The molecule has 0 spiro atoms. The van der Waals surface area contributed by atoms with Gasteiger partial charge in [0.25, 0.3) is 0 Å². The summed E-state index contributed by atoms with van der Waals surface area (Å²) in [6.45, 7) is 0. The molecular weight excluding hydrogens is 266 g/mol. The fraction of sp³-hybridized carbons (Fsp3) is 0.562. The van der Waals surface area contributed by atoms with Gasteiger partial charge in [0.1, 0.15) is 5.75 Å². The van der Waals surface area contributed by atoms with Gasteiger partial charge in [-0.15, -0.1) is 0 Å². The smallest absolute Gasteiger partial charge is 0.321 e. The van der Waals surface area contributed by atoms with Gasteiger partial charge in [-0.1, -0.05) is 12.1 Å². The Morgan fingerprint density at radius 1 is 1.24 bits per heavy atom. The van der Waals surface area contributed by atoms with E-state index >= 15 is 0 Å². The van der Waals surface area contributed by atoms with Crippen LogP contribution in [0.25, 0.3) is 0 Å². The molecule has 21 heavy (non-hydrogen) atoms. The van der Waals surface area contributed by atoms with Crippen molar-refractivity contribution in [2.24, 2.45) is 0 Å². The number of para-hydroxylation sites is 2. The van der Waals surface area contributed by atoms with Crippen LogP contribution >= 0.6 is 0 Å². The van der Waals surface area contributed by atoms with Gasteiger partial charge in [0.05, 0.1) is 12.8 Å². The van der Waals surface area contributed by atoms with Crippen LogP contribution in [-0.4, -0.2) is 44.2 Å². The molecule has 5 heteroatoms. The Balaban J connectivity index is 1.94. The Bertz CT molecular complexity index is 470. The summed E-state index contributed by atoms with van der Waals surface area (Å²) in [7, 11) is 5.48. The highest BCUT2D eigenvalue weighted by Crippen LogP contribution is 2.25. The predicted molar refractivity (Wildman–Crippen MR) is 84.9 cm³/mol. The van der Waals surface area contributed by atoms with Crippen molar-refractivity contribution < 1.29 is 9.53 Å². The van der Waals surface area contributed by atoms with Crippen molar-refractivity contribution in [2.45, 2.75) is 37.8 Å². The summed E-state index contributed by atoms with van der Waals surface area (Å²) in [4.78, 5) is 14.2. The van der Waals surface area contributed by atoms with Gasteiger partial charge in [0.15, 0.2) is 0 Å². The third-order valence-corrected chi connectivity index (χ3v) is 4.32. The van der Waals surface area contributed by atoms with Crippen LogP contribution < -0.4 is 15.4 Å².